The Labute approximate surface area is 213 Å². The molecule has 0 saturated heterocycles. The standard InChI is InChI=1S/C31H50O4/c1-19(2)20-10-15-30(26(34)35-7)16-17-31(18-32)21(25(20)30)8-9-23-28(5)13-12-24(33)27(3,4)22(28)11-14-29(23,31)6/h20-25,32-33H,1,8-18H2,2-7H3/t20-,21+,22-,23+,24-,25+,28-,29+,30-,31-/m0/s1. The molecule has 5 aliphatic carbocycles. The summed E-state index contributed by atoms with van der Waals surface area (Å²) in [5.74, 6) is 1.91. The second kappa shape index (κ2) is 8.06. The van der Waals surface area contributed by atoms with E-state index in [1.165, 1.54) is 12.0 Å². The van der Waals surface area contributed by atoms with Gasteiger partial charge >= 0.3 is 5.97 Å². The first-order chi connectivity index (χ1) is 16.4. The molecule has 0 bridgehead atoms. The van der Waals surface area contributed by atoms with E-state index < -0.39 is 5.41 Å². The van der Waals surface area contributed by atoms with E-state index in [2.05, 4.69) is 41.2 Å². The maximum Gasteiger partial charge on any atom is 0.312 e. The Kier molecular flexibility index (Phi) is 5.94. The number of hydrogen-bond acceptors (Lipinski definition) is 4. The van der Waals surface area contributed by atoms with Crippen LogP contribution in [0.1, 0.15) is 98.8 Å². The molecule has 0 aromatic heterocycles. The largest absolute Gasteiger partial charge is 0.469 e. The zero-order chi connectivity index (χ0) is 25.6. The number of carbonyl (C=O) groups is 1. The number of carbonyl (C=O) groups excluding carboxylic acids is 1. The maximum absolute atomic E-state index is 13.4. The van der Waals surface area contributed by atoms with Crippen molar-refractivity contribution in [1.29, 1.82) is 0 Å². The number of aliphatic hydroxyl groups excluding tert-OH is 2. The lowest BCUT2D eigenvalue weighted by Crippen LogP contribution is -2.68. The van der Waals surface area contributed by atoms with Crippen molar-refractivity contribution < 1.29 is 19.7 Å². The number of methoxy groups -OCH3 is 1. The minimum Gasteiger partial charge on any atom is -0.469 e. The monoisotopic (exact) mass is 486 g/mol. The van der Waals surface area contributed by atoms with Crippen LogP contribution >= 0.6 is 0 Å². The van der Waals surface area contributed by atoms with Crippen LogP contribution in [0.15, 0.2) is 12.2 Å². The van der Waals surface area contributed by atoms with Gasteiger partial charge in [-0.15, -0.1) is 0 Å². The third kappa shape index (κ3) is 3.02. The lowest BCUT2D eigenvalue weighted by atomic mass is 9.32. The third-order valence-electron chi connectivity index (χ3n) is 13.6. The second-order valence-corrected chi connectivity index (χ2v) is 14.6. The van der Waals surface area contributed by atoms with E-state index in [1.54, 1.807) is 7.11 Å². The van der Waals surface area contributed by atoms with Crippen molar-refractivity contribution in [3.63, 3.8) is 0 Å². The van der Waals surface area contributed by atoms with E-state index in [0.717, 1.165) is 57.8 Å². The molecule has 0 spiro atoms. The summed E-state index contributed by atoms with van der Waals surface area (Å²) in [5.41, 5.74) is 0.774. The van der Waals surface area contributed by atoms with Gasteiger partial charge in [-0.2, -0.15) is 0 Å². The molecule has 5 saturated carbocycles. The van der Waals surface area contributed by atoms with Gasteiger partial charge in [-0.25, -0.2) is 0 Å². The molecule has 4 nitrogen and oxygen atoms in total. The SMILES string of the molecule is C=C(C)[C@@H]1CC[C@]2(C(=O)OC)CC[C@]3(CO)[C@H](CC[C@@H]4[C@@]5(C)CC[C@H](O)C(C)(C)[C@@H]5CC[C@]43C)[C@@H]12. The van der Waals surface area contributed by atoms with Crippen molar-refractivity contribution >= 4 is 5.97 Å². The first-order valence-corrected chi connectivity index (χ1v) is 14.4. The molecule has 5 rings (SSSR count). The maximum atomic E-state index is 13.4. The molecule has 0 unspecified atom stereocenters. The quantitative estimate of drug-likeness (QED) is 0.371. The summed E-state index contributed by atoms with van der Waals surface area (Å²) in [6.07, 6.45) is 9.88. The summed E-state index contributed by atoms with van der Waals surface area (Å²) >= 11 is 0. The van der Waals surface area contributed by atoms with Crippen LogP contribution in [0, 0.1) is 56.7 Å². The Morgan fingerprint density at radius 3 is 2.29 bits per heavy atom. The van der Waals surface area contributed by atoms with Crippen LogP contribution in [0.5, 0.6) is 0 Å². The number of hydrogen-bond donors (Lipinski definition) is 2. The van der Waals surface area contributed by atoms with E-state index in [1.807, 2.05) is 0 Å². The topological polar surface area (TPSA) is 66.8 Å². The van der Waals surface area contributed by atoms with Gasteiger partial charge in [-0.1, -0.05) is 39.8 Å². The van der Waals surface area contributed by atoms with Gasteiger partial charge in [0.25, 0.3) is 0 Å². The Morgan fingerprint density at radius 1 is 0.943 bits per heavy atom. The molecule has 0 aliphatic heterocycles. The smallest absolute Gasteiger partial charge is 0.312 e. The molecule has 2 N–H and O–H groups in total. The van der Waals surface area contributed by atoms with Gasteiger partial charge in [0.1, 0.15) is 0 Å². The predicted molar refractivity (Wildman–Crippen MR) is 138 cm³/mol. The highest BCUT2D eigenvalue weighted by Gasteiger charge is 2.73. The van der Waals surface area contributed by atoms with Gasteiger partial charge in [-0.3, -0.25) is 4.79 Å². The molecule has 35 heavy (non-hydrogen) atoms. The Morgan fingerprint density at radius 2 is 1.66 bits per heavy atom. The van der Waals surface area contributed by atoms with Gasteiger partial charge in [0.2, 0.25) is 0 Å². The fourth-order valence-corrected chi connectivity index (χ4v) is 11.8. The second-order valence-electron chi connectivity index (χ2n) is 14.6. The number of ether oxygens (including phenoxy) is 1. The van der Waals surface area contributed by atoms with Gasteiger partial charge in [0.05, 0.1) is 18.6 Å². The molecular weight excluding hydrogens is 436 g/mol. The highest BCUT2D eigenvalue weighted by molar-refractivity contribution is 5.78. The van der Waals surface area contributed by atoms with E-state index in [9.17, 15) is 15.0 Å². The van der Waals surface area contributed by atoms with Gasteiger partial charge < -0.3 is 14.9 Å². The molecule has 4 heteroatoms. The number of aliphatic hydroxyl groups is 2. The summed E-state index contributed by atoms with van der Waals surface area (Å²) < 4.78 is 5.47. The van der Waals surface area contributed by atoms with E-state index in [4.69, 9.17) is 4.74 Å². The Balaban J connectivity index is 1.60. The van der Waals surface area contributed by atoms with Crippen LogP contribution in [-0.2, 0) is 9.53 Å². The summed E-state index contributed by atoms with van der Waals surface area (Å²) in [5, 5.41) is 22.3. The summed E-state index contributed by atoms with van der Waals surface area (Å²) in [6.45, 7) is 16.3. The molecule has 0 radical (unpaired) electrons. The molecule has 198 valence electrons. The number of allylic oxidation sites excluding steroid dienone is 1. The number of fused-ring (bicyclic) bond motifs is 7. The zero-order valence-corrected chi connectivity index (χ0v) is 23.2. The summed E-state index contributed by atoms with van der Waals surface area (Å²) in [6, 6.07) is 0. The first kappa shape index (κ1) is 25.8. The highest BCUT2D eigenvalue weighted by Crippen LogP contribution is 2.77. The Hall–Kier alpha value is -0.870. The van der Waals surface area contributed by atoms with Crippen LogP contribution in [0.2, 0.25) is 0 Å². The fraction of sp³-hybridized carbons (Fsp3) is 0.903. The van der Waals surface area contributed by atoms with Crippen LogP contribution in [0.25, 0.3) is 0 Å². The number of rotatable bonds is 3. The normalized spacial score (nSPS) is 52.5. The van der Waals surface area contributed by atoms with Crippen molar-refractivity contribution in [3.8, 4) is 0 Å². The molecule has 0 aromatic rings. The minimum absolute atomic E-state index is 0.0243. The summed E-state index contributed by atoms with van der Waals surface area (Å²) in [7, 11) is 1.55. The molecule has 5 fully saturated rings. The molecular formula is C31H50O4. The van der Waals surface area contributed by atoms with Crippen molar-refractivity contribution in [2.75, 3.05) is 13.7 Å². The third-order valence-corrected chi connectivity index (χ3v) is 13.6. The van der Waals surface area contributed by atoms with Crippen LogP contribution < -0.4 is 0 Å². The average molecular weight is 487 g/mol. The van der Waals surface area contributed by atoms with E-state index >= 15 is 0 Å². The van der Waals surface area contributed by atoms with Crippen molar-refractivity contribution in [3.05, 3.63) is 12.2 Å². The lowest BCUT2D eigenvalue weighted by molar-refractivity contribution is -0.262. The van der Waals surface area contributed by atoms with Gasteiger partial charge in [0.15, 0.2) is 0 Å². The van der Waals surface area contributed by atoms with Crippen molar-refractivity contribution in [1.82, 2.24) is 0 Å². The fourth-order valence-electron chi connectivity index (χ4n) is 11.8. The lowest BCUT2D eigenvalue weighted by Gasteiger charge is -2.73. The van der Waals surface area contributed by atoms with Crippen LogP contribution in [0.3, 0.4) is 0 Å². The predicted octanol–water partition coefficient (Wildman–Crippen LogP) is 6.15. The van der Waals surface area contributed by atoms with Crippen LogP contribution in [-0.4, -0.2) is 36.0 Å². The average Bonchev–Trinajstić information content (AvgIpc) is 3.22. The minimum atomic E-state index is -0.414. The molecule has 10 atom stereocenters. The van der Waals surface area contributed by atoms with E-state index in [-0.39, 0.29) is 46.3 Å². The Bertz CT molecular complexity index is 894. The van der Waals surface area contributed by atoms with Crippen molar-refractivity contribution in [2.45, 2.75) is 105 Å². The van der Waals surface area contributed by atoms with E-state index in [0.29, 0.717) is 23.7 Å². The van der Waals surface area contributed by atoms with Crippen molar-refractivity contribution in [2.24, 2.45) is 56.7 Å². The summed E-state index contributed by atoms with van der Waals surface area (Å²) in [4.78, 5) is 13.4. The molecule has 0 heterocycles. The molecule has 0 amide bonds. The van der Waals surface area contributed by atoms with Crippen LogP contribution in [0.4, 0.5) is 0 Å². The van der Waals surface area contributed by atoms with Gasteiger partial charge in [-0.05, 0) is 117 Å². The molecule has 5 aliphatic rings. The first-order valence-electron chi connectivity index (χ1n) is 14.4. The highest BCUT2D eigenvalue weighted by atomic mass is 16.5. The molecule has 0 aromatic carbocycles. The zero-order valence-electron chi connectivity index (χ0n) is 23.2. The number of esters is 1. The van der Waals surface area contributed by atoms with Gasteiger partial charge in [0, 0.05) is 12.0 Å².